The highest BCUT2D eigenvalue weighted by atomic mass is 19.1. The third-order valence-corrected chi connectivity index (χ3v) is 4.55. The lowest BCUT2D eigenvalue weighted by atomic mass is 9.76. The number of rotatable bonds is 2. The zero-order valence-electron chi connectivity index (χ0n) is 10.6. The third kappa shape index (κ3) is 1.86. The van der Waals surface area contributed by atoms with Crippen LogP contribution in [-0.4, -0.2) is 17.2 Å². The number of imide groups is 1. The Morgan fingerprint density at radius 1 is 1.21 bits per heavy atom. The van der Waals surface area contributed by atoms with Crippen LogP contribution in [0, 0.1) is 11.2 Å². The van der Waals surface area contributed by atoms with Gasteiger partial charge in [-0.25, -0.2) is 4.39 Å². The average Bonchev–Trinajstić information content (AvgIpc) is 2.96. The SMILES string of the molecule is O=CN1C(=O)CC2(CCCC2)C1c1ccc(F)cc1. The normalized spacial score (nSPS) is 25.2. The van der Waals surface area contributed by atoms with Crippen molar-refractivity contribution in [2.45, 2.75) is 38.1 Å². The summed E-state index contributed by atoms with van der Waals surface area (Å²) in [5.74, 6) is -0.405. The fourth-order valence-corrected chi connectivity index (χ4v) is 3.74. The predicted octanol–water partition coefficient (Wildman–Crippen LogP) is 2.82. The molecule has 1 atom stereocenters. The van der Waals surface area contributed by atoms with Crippen LogP contribution in [0.4, 0.5) is 4.39 Å². The third-order valence-electron chi connectivity index (χ3n) is 4.55. The van der Waals surface area contributed by atoms with E-state index < -0.39 is 0 Å². The Morgan fingerprint density at radius 2 is 1.84 bits per heavy atom. The number of carbonyl (C=O) groups excluding carboxylic acids is 2. The molecule has 0 aromatic heterocycles. The highest BCUT2D eigenvalue weighted by Gasteiger charge is 2.53. The van der Waals surface area contributed by atoms with Crippen molar-refractivity contribution < 1.29 is 14.0 Å². The van der Waals surface area contributed by atoms with E-state index in [2.05, 4.69) is 0 Å². The highest BCUT2D eigenvalue weighted by molar-refractivity contribution is 5.90. The number of carbonyl (C=O) groups is 2. The lowest BCUT2D eigenvalue weighted by molar-refractivity contribution is -0.136. The number of nitrogens with zero attached hydrogens (tertiary/aromatic N) is 1. The van der Waals surface area contributed by atoms with E-state index in [4.69, 9.17) is 0 Å². The van der Waals surface area contributed by atoms with Crippen molar-refractivity contribution in [3.63, 3.8) is 0 Å². The predicted molar refractivity (Wildman–Crippen MR) is 67.6 cm³/mol. The summed E-state index contributed by atoms with van der Waals surface area (Å²) in [6.07, 6.45) is 5.18. The Hall–Kier alpha value is -1.71. The molecule has 100 valence electrons. The molecule has 0 N–H and O–H groups in total. The molecule has 1 aliphatic carbocycles. The van der Waals surface area contributed by atoms with Gasteiger partial charge in [0.15, 0.2) is 0 Å². The molecule has 3 rings (SSSR count). The maximum Gasteiger partial charge on any atom is 0.230 e. The van der Waals surface area contributed by atoms with Crippen molar-refractivity contribution in [2.24, 2.45) is 5.41 Å². The summed E-state index contributed by atoms with van der Waals surface area (Å²) in [7, 11) is 0. The van der Waals surface area contributed by atoms with Gasteiger partial charge in [-0.15, -0.1) is 0 Å². The number of benzene rings is 1. The van der Waals surface area contributed by atoms with Crippen LogP contribution >= 0.6 is 0 Å². The van der Waals surface area contributed by atoms with Gasteiger partial charge in [0.25, 0.3) is 0 Å². The van der Waals surface area contributed by atoms with Crippen LogP contribution in [0.25, 0.3) is 0 Å². The lowest BCUT2D eigenvalue weighted by Gasteiger charge is -2.32. The largest absolute Gasteiger partial charge is 0.278 e. The summed E-state index contributed by atoms with van der Waals surface area (Å²) in [6.45, 7) is 0. The fraction of sp³-hybridized carbons (Fsp3) is 0.467. The smallest absolute Gasteiger partial charge is 0.230 e. The van der Waals surface area contributed by atoms with Crippen molar-refractivity contribution in [1.29, 1.82) is 0 Å². The summed E-state index contributed by atoms with van der Waals surface area (Å²) in [5.41, 5.74) is 0.733. The lowest BCUT2D eigenvalue weighted by Crippen LogP contribution is -2.31. The first-order chi connectivity index (χ1) is 9.16. The molecule has 1 aliphatic heterocycles. The Kier molecular flexibility index (Phi) is 2.88. The van der Waals surface area contributed by atoms with Gasteiger partial charge in [-0.05, 0) is 30.5 Å². The molecule has 2 fully saturated rings. The minimum absolute atomic E-state index is 0.105. The first-order valence-electron chi connectivity index (χ1n) is 6.68. The Bertz CT molecular complexity index is 505. The minimum Gasteiger partial charge on any atom is -0.278 e. The molecule has 1 saturated heterocycles. The van der Waals surface area contributed by atoms with Crippen LogP contribution in [-0.2, 0) is 9.59 Å². The van der Waals surface area contributed by atoms with Gasteiger partial charge >= 0.3 is 0 Å². The van der Waals surface area contributed by atoms with Gasteiger partial charge in [0.1, 0.15) is 5.82 Å². The van der Waals surface area contributed by atoms with Crippen LogP contribution in [0.1, 0.15) is 43.7 Å². The van der Waals surface area contributed by atoms with E-state index in [1.165, 1.54) is 17.0 Å². The standard InChI is InChI=1S/C15H16FNO2/c16-12-5-3-11(4-6-12)14-15(7-1-2-8-15)9-13(19)17(14)10-18/h3-6,10,14H,1-2,7-9H2. The second kappa shape index (κ2) is 4.44. The molecule has 1 unspecified atom stereocenters. The van der Waals surface area contributed by atoms with Gasteiger partial charge in [0.05, 0.1) is 6.04 Å². The van der Waals surface area contributed by atoms with Gasteiger partial charge < -0.3 is 0 Å². The van der Waals surface area contributed by atoms with Gasteiger partial charge in [-0.2, -0.15) is 0 Å². The van der Waals surface area contributed by atoms with E-state index in [0.717, 1.165) is 31.2 Å². The topological polar surface area (TPSA) is 37.4 Å². The number of amides is 2. The summed E-state index contributed by atoms with van der Waals surface area (Å²) in [5, 5.41) is 0. The van der Waals surface area contributed by atoms with Crippen molar-refractivity contribution in [3.05, 3.63) is 35.6 Å². The monoisotopic (exact) mass is 261 g/mol. The van der Waals surface area contributed by atoms with E-state index in [0.29, 0.717) is 12.8 Å². The Balaban J connectivity index is 2.04. The van der Waals surface area contributed by atoms with Crippen LogP contribution in [0.3, 0.4) is 0 Å². The van der Waals surface area contributed by atoms with Crippen LogP contribution in [0.2, 0.25) is 0 Å². The van der Waals surface area contributed by atoms with E-state index in [9.17, 15) is 14.0 Å². The first kappa shape index (κ1) is 12.3. The molecular formula is C15H16FNO2. The zero-order chi connectivity index (χ0) is 13.5. The summed E-state index contributed by atoms with van der Waals surface area (Å²) in [6, 6.07) is 5.94. The molecule has 4 heteroatoms. The van der Waals surface area contributed by atoms with E-state index >= 15 is 0 Å². The van der Waals surface area contributed by atoms with E-state index in [-0.39, 0.29) is 23.2 Å². The summed E-state index contributed by atoms with van der Waals surface area (Å²) in [4.78, 5) is 24.6. The van der Waals surface area contributed by atoms with Crippen molar-refractivity contribution in [2.75, 3.05) is 0 Å². The fourth-order valence-electron chi connectivity index (χ4n) is 3.74. The number of halogens is 1. The molecule has 1 aromatic carbocycles. The maximum absolute atomic E-state index is 13.0. The minimum atomic E-state index is -0.300. The van der Waals surface area contributed by atoms with Gasteiger partial charge in [0.2, 0.25) is 12.3 Å². The van der Waals surface area contributed by atoms with Gasteiger partial charge in [-0.1, -0.05) is 25.0 Å². The molecule has 0 bridgehead atoms. The van der Waals surface area contributed by atoms with Crippen LogP contribution < -0.4 is 0 Å². The zero-order valence-corrected chi connectivity index (χ0v) is 10.6. The van der Waals surface area contributed by atoms with Gasteiger partial charge in [0, 0.05) is 11.8 Å². The number of likely N-dealkylation sites (tertiary alicyclic amines) is 1. The Morgan fingerprint density at radius 3 is 2.42 bits per heavy atom. The molecule has 2 amide bonds. The molecule has 1 heterocycles. The van der Waals surface area contributed by atoms with Crippen molar-refractivity contribution in [1.82, 2.24) is 4.90 Å². The molecule has 1 spiro atoms. The van der Waals surface area contributed by atoms with E-state index in [1.807, 2.05) is 0 Å². The second-order valence-electron chi connectivity index (χ2n) is 5.61. The quantitative estimate of drug-likeness (QED) is 0.768. The summed E-state index contributed by atoms with van der Waals surface area (Å²) >= 11 is 0. The molecule has 2 aliphatic rings. The molecule has 3 nitrogen and oxygen atoms in total. The Labute approximate surface area is 111 Å². The van der Waals surface area contributed by atoms with Crippen LogP contribution in [0.5, 0.6) is 0 Å². The molecule has 1 saturated carbocycles. The van der Waals surface area contributed by atoms with Crippen molar-refractivity contribution >= 4 is 12.3 Å². The molecule has 19 heavy (non-hydrogen) atoms. The van der Waals surface area contributed by atoms with Crippen LogP contribution in [0.15, 0.2) is 24.3 Å². The maximum atomic E-state index is 13.0. The second-order valence-corrected chi connectivity index (χ2v) is 5.61. The highest BCUT2D eigenvalue weighted by Crippen LogP contribution is 2.56. The van der Waals surface area contributed by atoms with Gasteiger partial charge in [-0.3, -0.25) is 14.5 Å². The molecule has 1 aromatic rings. The molecular weight excluding hydrogens is 245 g/mol. The first-order valence-corrected chi connectivity index (χ1v) is 6.68. The molecule has 0 radical (unpaired) electrons. The average molecular weight is 261 g/mol. The summed E-state index contributed by atoms with van der Waals surface area (Å²) < 4.78 is 13.0. The van der Waals surface area contributed by atoms with E-state index in [1.54, 1.807) is 12.1 Å². The van der Waals surface area contributed by atoms with Crippen molar-refractivity contribution in [3.8, 4) is 0 Å². The number of hydrogen-bond donors (Lipinski definition) is 0. The number of hydrogen-bond acceptors (Lipinski definition) is 2.